The number of carbonyl (C=O) groups is 1. The van der Waals surface area contributed by atoms with Gasteiger partial charge in [-0.1, -0.05) is 0 Å². The summed E-state index contributed by atoms with van der Waals surface area (Å²) in [6.45, 7) is 7.14. The number of pyridine rings is 1. The van der Waals surface area contributed by atoms with Gasteiger partial charge in [0.2, 0.25) is 5.88 Å². The molecule has 2 rings (SSSR count). The van der Waals surface area contributed by atoms with Crippen molar-refractivity contribution in [3.63, 3.8) is 0 Å². The van der Waals surface area contributed by atoms with Crippen molar-refractivity contribution in [3.05, 3.63) is 17.8 Å². The molecule has 6 nitrogen and oxygen atoms in total. The van der Waals surface area contributed by atoms with Crippen molar-refractivity contribution in [2.45, 2.75) is 39.2 Å². The quantitative estimate of drug-likeness (QED) is 0.708. The van der Waals surface area contributed by atoms with Gasteiger partial charge in [0.15, 0.2) is 0 Å². The predicted molar refractivity (Wildman–Crippen MR) is 87.7 cm³/mol. The van der Waals surface area contributed by atoms with E-state index in [1.807, 2.05) is 26.8 Å². The molecule has 0 spiro atoms. The monoisotopic (exact) mass is 322 g/mol. The van der Waals surface area contributed by atoms with Crippen LogP contribution in [0.1, 0.15) is 32.3 Å². The number of aryl methyl sites for hydroxylation is 1. The number of anilines is 1. The van der Waals surface area contributed by atoms with Gasteiger partial charge in [-0.25, -0.2) is 4.98 Å². The van der Waals surface area contributed by atoms with Crippen LogP contribution in [0.3, 0.4) is 0 Å². The maximum Gasteiger partial charge on any atom is 0.256 e. The molecule has 1 unspecified atom stereocenters. The largest absolute Gasteiger partial charge is 0.475 e. The summed E-state index contributed by atoms with van der Waals surface area (Å²) in [4.78, 5) is 16.9. The van der Waals surface area contributed by atoms with E-state index in [9.17, 15) is 4.79 Å². The minimum Gasteiger partial charge on any atom is -0.475 e. The maximum absolute atomic E-state index is 12.6. The molecule has 1 N–H and O–H groups in total. The number of rotatable bonds is 9. The average Bonchev–Trinajstić information content (AvgIpc) is 3.35. The molecule has 1 amide bonds. The molecule has 0 aliphatic heterocycles. The minimum absolute atomic E-state index is 0.115. The Morgan fingerprint density at radius 1 is 1.43 bits per heavy atom. The van der Waals surface area contributed by atoms with Crippen molar-refractivity contribution < 1.29 is 19.0 Å². The minimum atomic E-state index is -0.768. The number of amides is 1. The number of carbonyl (C=O) groups excluding carboxylic acids is 1. The highest BCUT2D eigenvalue weighted by Crippen LogP contribution is 2.42. The number of aromatic nitrogens is 1. The van der Waals surface area contributed by atoms with E-state index in [4.69, 9.17) is 14.2 Å². The summed E-state index contributed by atoms with van der Waals surface area (Å²) in [5, 5.41) is 2.92. The lowest BCUT2D eigenvalue weighted by Gasteiger charge is -2.28. The molecule has 1 heterocycles. The van der Waals surface area contributed by atoms with Crippen molar-refractivity contribution in [3.8, 4) is 5.88 Å². The van der Waals surface area contributed by atoms with E-state index in [-0.39, 0.29) is 5.91 Å². The smallest absolute Gasteiger partial charge is 0.256 e. The molecular weight excluding hydrogens is 296 g/mol. The third-order valence-corrected chi connectivity index (χ3v) is 4.07. The zero-order valence-electron chi connectivity index (χ0n) is 14.3. The normalized spacial score (nSPS) is 16.7. The number of hydrogen-bond donors (Lipinski definition) is 1. The number of nitrogens with zero attached hydrogens (tertiary/aromatic N) is 1. The maximum atomic E-state index is 12.6. The van der Waals surface area contributed by atoms with Gasteiger partial charge in [0, 0.05) is 19.3 Å². The van der Waals surface area contributed by atoms with Gasteiger partial charge in [-0.3, -0.25) is 4.79 Å². The van der Waals surface area contributed by atoms with Crippen LogP contribution in [-0.2, 0) is 14.3 Å². The molecule has 6 heteroatoms. The Labute approximate surface area is 137 Å². The van der Waals surface area contributed by atoms with Gasteiger partial charge < -0.3 is 19.5 Å². The van der Waals surface area contributed by atoms with E-state index in [1.165, 1.54) is 0 Å². The fourth-order valence-corrected chi connectivity index (χ4v) is 2.56. The summed E-state index contributed by atoms with van der Waals surface area (Å²) in [6.07, 6.45) is 3.67. The van der Waals surface area contributed by atoms with Gasteiger partial charge in [0.05, 0.1) is 18.5 Å². The van der Waals surface area contributed by atoms with E-state index >= 15 is 0 Å². The summed E-state index contributed by atoms with van der Waals surface area (Å²) in [5.41, 5.74) is 0.748. The van der Waals surface area contributed by atoms with Crippen LogP contribution in [0.2, 0.25) is 0 Å². The van der Waals surface area contributed by atoms with Crippen LogP contribution in [0.25, 0.3) is 0 Å². The Balaban J connectivity index is 2.01. The third kappa shape index (κ3) is 4.42. The van der Waals surface area contributed by atoms with Gasteiger partial charge in [0.1, 0.15) is 12.2 Å². The zero-order valence-corrected chi connectivity index (χ0v) is 14.3. The molecular formula is C17H26N2O4. The number of ether oxygens (including phenoxy) is 3. The molecule has 23 heavy (non-hydrogen) atoms. The second-order valence-electron chi connectivity index (χ2n) is 5.96. The highest BCUT2D eigenvalue weighted by molar-refractivity contribution is 5.97. The predicted octanol–water partition coefficient (Wildman–Crippen LogP) is 2.56. The first kappa shape index (κ1) is 17.7. The van der Waals surface area contributed by atoms with Crippen molar-refractivity contribution in [1.29, 1.82) is 0 Å². The summed E-state index contributed by atoms with van der Waals surface area (Å²) >= 11 is 0. The second kappa shape index (κ2) is 7.75. The van der Waals surface area contributed by atoms with Crippen LogP contribution >= 0.6 is 0 Å². The van der Waals surface area contributed by atoms with E-state index in [0.717, 1.165) is 18.4 Å². The number of hydrogen-bond acceptors (Lipinski definition) is 5. The first-order chi connectivity index (χ1) is 11.0. The van der Waals surface area contributed by atoms with Crippen LogP contribution in [0.15, 0.2) is 12.3 Å². The van der Waals surface area contributed by atoms with Gasteiger partial charge in [-0.15, -0.1) is 0 Å². The van der Waals surface area contributed by atoms with Gasteiger partial charge in [-0.05, 0) is 45.6 Å². The van der Waals surface area contributed by atoms with E-state index in [0.29, 0.717) is 37.3 Å². The summed E-state index contributed by atoms with van der Waals surface area (Å²) < 4.78 is 16.2. The molecule has 1 aliphatic rings. The van der Waals surface area contributed by atoms with Crippen LogP contribution in [0.4, 0.5) is 5.69 Å². The average molecular weight is 322 g/mol. The molecule has 1 saturated carbocycles. The molecule has 0 bridgehead atoms. The molecule has 1 aromatic rings. The fourth-order valence-electron chi connectivity index (χ4n) is 2.56. The summed E-state index contributed by atoms with van der Waals surface area (Å²) in [7, 11) is 1.62. The summed E-state index contributed by atoms with van der Waals surface area (Å²) in [6, 6.07) is 1.85. The van der Waals surface area contributed by atoms with E-state index in [2.05, 4.69) is 10.3 Å². The van der Waals surface area contributed by atoms with Crippen LogP contribution in [0.5, 0.6) is 5.88 Å². The molecule has 1 aromatic heterocycles. The highest BCUT2D eigenvalue weighted by atomic mass is 16.5. The van der Waals surface area contributed by atoms with Gasteiger partial charge in [-0.2, -0.15) is 0 Å². The third-order valence-electron chi connectivity index (χ3n) is 4.07. The lowest BCUT2D eigenvalue weighted by Crippen LogP contribution is -2.44. The molecule has 0 radical (unpaired) electrons. The Kier molecular flexibility index (Phi) is 5.96. The zero-order chi connectivity index (χ0) is 16.9. The highest BCUT2D eigenvalue weighted by Gasteiger charge is 2.48. The SMILES string of the molecule is CCOC(C)(C(=O)Nc1cnc(OCCOC)c(C)c1)C1CC1. The number of methoxy groups -OCH3 is 1. The van der Waals surface area contributed by atoms with Crippen LogP contribution in [-0.4, -0.2) is 43.4 Å². The summed E-state index contributed by atoms with van der Waals surface area (Å²) in [5.74, 6) is 0.735. The molecule has 1 fully saturated rings. The topological polar surface area (TPSA) is 69.7 Å². The van der Waals surface area contributed by atoms with Crippen molar-refractivity contribution in [1.82, 2.24) is 4.98 Å². The van der Waals surface area contributed by atoms with E-state index in [1.54, 1.807) is 13.3 Å². The first-order valence-corrected chi connectivity index (χ1v) is 8.05. The fraction of sp³-hybridized carbons (Fsp3) is 0.647. The van der Waals surface area contributed by atoms with Crippen molar-refractivity contribution in [2.24, 2.45) is 5.92 Å². The molecule has 0 saturated heterocycles. The van der Waals surface area contributed by atoms with Crippen molar-refractivity contribution >= 4 is 11.6 Å². The molecule has 1 aliphatic carbocycles. The van der Waals surface area contributed by atoms with Gasteiger partial charge >= 0.3 is 0 Å². The van der Waals surface area contributed by atoms with Crippen LogP contribution < -0.4 is 10.1 Å². The lowest BCUT2D eigenvalue weighted by molar-refractivity contribution is -0.141. The Hall–Kier alpha value is -1.66. The lowest BCUT2D eigenvalue weighted by atomic mass is 9.99. The van der Waals surface area contributed by atoms with Gasteiger partial charge in [0.25, 0.3) is 5.91 Å². The second-order valence-corrected chi connectivity index (χ2v) is 5.96. The molecule has 128 valence electrons. The molecule has 0 aromatic carbocycles. The number of nitrogens with one attached hydrogen (secondary N) is 1. The van der Waals surface area contributed by atoms with E-state index < -0.39 is 5.60 Å². The Morgan fingerprint density at radius 2 is 2.17 bits per heavy atom. The van der Waals surface area contributed by atoms with Crippen LogP contribution in [0, 0.1) is 12.8 Å². The molecule has 1 atom stereocenters. The standard InChI is InChI=1S/C17H26N2O4/c1-5-23-17(3,13-6-7-13)16(20)19-14-10-12(2)15(18-11-14)22-9-8-21-4/h10-11,13H,5-9H2,1-4H3,(H,19,20). The Morgan fingerprint density at radius 3 is 2.74 bits per heavy atom. The Bertz CT molecular complexity index is 545. The first-order valence-electron chi connectivity index (χ1n) is 8.05. The van der Waals surface area contributed by atoms with Crippen molar-refractivity contribution in [2.75, 3.05) is 32.2 Å².